The maximum absolute atomic E-state index is 11.5. The van der Waals surface area contributed by atoms with Crippen LogP contribution in [0, 0.1) is 0 Å². The third-order valence-corrected chi connectivity index (χ3v) is 3.19. The van der Waals surface area contributed by atoms with Gasteiger partial charge in [-0.1, -0.05) is 42.5 Å². The number of para-hydroxylation sites is 1. The Kier molecular flexibility index (Phi) is 3.83. The Hall–Kier alpha value is -2.81. The van der Waals surface area contributed by atoms with Gasteiger partial charge in [-0.25, -0.2) is 0 Å². The maximum Gasteiger partial charge on any atom is 0.182 e. The minimum atomic E-state index is -0.0263. The van der Waals surface area contributed by atoms with E-state index in [0.717, 1.165) is 22.6 Å². The monoisotopic (exact) mass is 277 g/mol. The van der Waals surface area contributed by atoms with E-state index in [9.17, 15) is 4.79 Å². The molecule has 0 radical (unpaired) electrons. The maximum atomic E-state index is 11.5. The molecule has 0 saturated carbocycles. The molecule has 1 N–H and O–H groups in total. The van der Waals surface area contributed by atoms with E-state index in [1.165, 1.54) is 6.07 Å². The molecule has 1 heterocycles. The summed E-state index contributed by atoms with van der Waals surface area (Å²) < 4.78 is 5.90. The molecule has 3 aromatic rings. The molecular formula is C18H15NO2. The zero-order valence-electron chi connectivity index (χ0n) is 11.5. The van der Waals surface area contributed by atoms with E-state index in [1.807, 2.05) is 54.6 Å². The second kappa shape index (κ2) is 6.09. The van der Waals surface area contributed by atoms with Gasteiger partial charge in [-0.2, -0.15) is 0 Å². The van der Waals surface area contributed by atoms with Crippen LogP contribution in [0.15, 0.2) is 77.7 Å². The summed E-state index contributed by atoms with van der Waals surface area (Å²) in [5.74, 6) is 0.753. The Morgan fingerprint density at radius 2 is 1.67 bits per heavy atom. The van der Waals surface area contributed by atoms with E-state index in [-0.39, 0.29) is 5.43 Å². The fourth-order valence-corrected chi connectivity index (χ4v) is 2.15. The summed E-state index contributed by atoms with van der Waals surface area (Å²) in [5.41, 5.74) is 2.72. The molecule has 0 amide bonds. The lowest BCUT2D eigenvalue weighted by Gasteiger charge is -2.11. The van der Waals surface area contributed by atoms with Crippen molar-refractivity contribution in [3.8, 4) is 17.0 Å². The van der Waals surface area contributed by atoms with Crippen molar-refractivity contribution in [2.75, 3.05) is 0 Å². The van der Waals surface area contributed by atoms with Gasteiger partial charge >= 0.3 is 0 Å². The molecule has 21 heavy (non-hydrogen) atoms. The Morgan fingerprint density at radius 3 is 2.48 bits per heavy atom. The van der Waals surface area contributed by atoms with Crippen LogP contribution in [0.4, 0.5) is 0 Å². The minimum absolute atomic E-state index is 0.0263. The third kappa shape index (κ3) is 3.20. The molecule has 0 atom stereocenters. The van der Waals surface area contributed by atoms with Gasteiger partial charge in [-0.15, -0.1) is 0 Å². The predicted octanol–water partition coefficient (Wildman–Crippen LogP) is 3.62. The van der Waals surface area contributed by atoms with E-state index in [0.29, 0.717) is 6.61 Å². The molecule has 1 aromatic heterocycles. The van der Waals surface area contributed by atoms with Crippen LogP contribution < -0.4 is 10.2 Å². The lowest BCUT2D eigenvalue weighted by Crippen LogP contribution is -2.00. The molecule has 3 rings (SSSR count). The standard InChI is InChI=1S/C18H15NO2/c20-15-10-11-19-17(12-15)16-8-4-5-9-18(16)21-13-14-6-2-1-3-7-14/h1-12H,13H2,(H,19,20). The van der Waals surface area contributed by atoms with Gasteiger partial charge in [-0.05, 0) is 17.7 Å². The smallest absolute Gasteiger partial charge is 0.182 e. The first-order valence-corrected chi connectivity index (χ1v) is 6.78. The predicted molar refractivity (Wildman–Crippen MR) is 83.3 cm³/mol. The van der Waals surface area contributed by atoms with Crippen molar-refractivity contribution in [1.82, 2.24) is 4.98 Å². The lowest BCUT2D eigenvalue weighted by molar-refractivity contribution is 0.307. The van der Waals surface area contributed by atoms with Crippen LogP contribution in [0.25, 0.3) is 11.3 Å². The molecular weight excluding hydrogens is 262 g/mol. The summed E-state index contributed by atoms with van der Waals surface area (Å²) in [6.45, 7) is 0.495. The number of nitrogens with one attached hydrogen (secondary N) is 1. The number of benzene rings is 2. The molecule has 0 spiro atoms. The zero-order valence-corrected chi connectivity index (χ0v) is 11.5. The Morgan fingerprint density at radius 1 is 0.905 bits per heavy atom. The molecule has 0 unspecified atom stereocenters. The number of pyridine rings is 1. The average Bonchev–Trinajstić information content (AvgIpc) is 2.54. The van der Waals surface area contributed by atoms with Crippen molar-refractivity contribution in [2.45, 2.75) is 6.61 Å². The van der Waals surface area contributed by atoms with Crippen molar-refractivity contribution in [3.05, 3.63) is 88.7 Å². The first-order chi connectivity index (χ1) is 10.3. The van der Waals surface area contributed by atoms with E-state index >= 15 is 0 Å². The molecule has 0 aliphatic carbocycles. The number of ether oxygens (including phenoxy) is 1. The highest BCUT2D eigenvalue weighted by Gasteiger charge is 2.06. The zero-order chi connectivity index (χ0) is 14.5. The van der Waals surface area contributed by atoms with Gasteiger partial charge in [0.05, 0.1) is 5.69 Å². The van der Waals surface area contributed by atoms with Crippen LogP contribution in [-0.2, 0) is 6.61 Å². The topological polar surface area (TPSA) is 42.1 Å². The number of H-pyrrole nitrogens is 1. The van der Waals surface area contributed by atoms with Crippen molar-refractivity contribution in [3.63, 3.8) is 0 Å². The van der Waals surface area contributed by atoms with Crippen molar-refractivity contribution in [2.24, 2.45) is 0 Å². The molecule has 104 valence electrons. The summed E-state index contributed by atoms with van der Waals surface area (Å²) in [5, 5.41) is 0. The Balaban J connectivity index is 1.88. The van der Waals surface area contributed by atoms with Gasteiger partial charge in [-0.3, -0.25) is 4.79 Å². The Bertz CT molecular complexity index is 778. The van der Waals surface area contributed by atoms with Crippen LogP contribution in [0.1, 0.15) is 5.56 Å². The largest absolute Gasteiger partial charge is 0.488 e. The fraction of sp³-hybridized carbons (Fsp3) is 0.0556. The van der Waals surface area contributed by atoms with E-state index in [1.54, 1.807) is 12.3 Å². The third-order valence-electron chi connectivity index (χ3n) is 3.19. The van der Waals surface area contributed by atoms with E-state index in [2.05, 4.69) is 4.98 Å². The van der Waals surface area contributed by atoms with Crippen LogP contribution >= 0.6 is 0 Å². The van der Waals surface area contributed by atoms with Gasteiger partial charge in [0.2, 0.25) is 0 Å². The van der Waals surface area contributed by atoms with Gasteiger partial charge in [0.15, 0.2) is 5.43 Å². The molecule has 0 saturated heterocycles. The van der Waals surface area contributed by atoms with E-state index < -0.39 is 0 Å². The average molecular weight is 277 g/mol. The quantitative estimate of drug-likeness (QED) is 0.791. The highest BCUT2D eigenvalue weighted by molar-refractivity contribution is 5.66. The van der Waals surface area contributed by atoms with Crippen LogP contribution in [-0.4, -0.2) is 4.98 Å². The molecule has 0 aliphatic rings. The number of hydrogen-bond donors (Lipinski definition) is 1. The summed E-state index contributed by atoms with van der Waals surface area (Å²) in [4.78, 5) is 14.6. The Labute approximate surface area is 122 Å². The SMILES string of the molecule is O=c1cc[nH]c(-c2ccccc2OCc2ccccc2)c1. The molecule has 0 bridgehead atoms. The van der Waals surface area contributed by atoms with Crippen LogP contribution in [0.2, 0.25) is 0 Å². The molecule has 3 nitrogen and oxygen atoms in total. The number of aromatic nitrogens is 1. The van der Waals surface area contributed by atoms with Gasteiger partial charge in [0, 0.05) is 23.9 Å². The van der Waals surface area contributed by atoms with E-state index in [4.69, 9.17) is 4.74 Å². The number of rotatable bonds is 4. The lowest BCUT2D eigenvalue weighted by atomic mass is 10.1. The van der Waals surface area contributed by atoms with Gasteiger partial charge in [0.1, 0.15) is 12.4 Å². The van der Waals surface area contributed by atoms with Crippen molar-refractivity contribution in [1.29, 1.82) is 0 Å². The molecule has 3 heteroatoms. The summed E-state index contributed by atoms with van der Waals surface area (Å²) in [6, 6.07) is 20.8. The van der Waals surface area contributed by atoms with Gasteiger partial charge in [0.25, 0.3) is 0 Å². The van der Waals surface area contributed by atoms with Crippen molar-refractivity contribution < 1.29 is 4.74 Å². The second-order valence-corrected chi connectivity index (χ2v) is 4.71. The number of hydrogen-bond acceptors (Lipinski definition) is 2. The summed E-state index contributed by atoms with van der Waals surface area (Å²) >= 11 is 0. The normalized spacial score (nSPS) is 10.3. The second-order valence-electron chi connectivity index (χ2n) is 4.71. The van der Waals surface area contributed by atoms with Crippen molar-refractivity contribution >= 4 is 0 Å². The molecule has 0 aliphatic heterocycles. The summed E-state index contributed by atoms with van der Waals surface area (Å²) in [7, 11) is 0. The molecule has 2 aromatic carbocycles. The first kappa shape index (κ1) is 13.2. The summed E-state index contributed by atoms with van der Waals surface area (Å²) in [6.07, 6.45) is 1.64. The molecule has 0 fully saturated rings. The minimum Gasteiger partial charge on any atom is -0.488 e. The van der Waals surface area contributed by atoms with Crippen LogP contribution in [0.3, 0.4) is 0 Å². The highest BCUT2D eigenvalue weighted by Crippen LogP contribution is 2.28. The first-order valence-electron chi connectivity index (χ1n) is 6.78. The fourth-order valence-electron chi connectivity index (χ4n) is 2.15. The highest BCUT2D eigenvalue weighted by atomic mass is 16.5. The van der Waals surface area contributed by atoms with Gasteiger partial charge < -0.3 is 9.72 Å². The number of aromatic amines is 1. The van der Waals surface area contributed by atoms with Crippen LogP contribution in [0.5, 0.6) is 5.75 Å².